The fourth-order valence-electron chi connectivity index (χ4n) is 2.69. The number of carboxylic acid groups (broad SMARTS) is 1. The van der Waals surface area contributed by atoms with Crippen molar-refractivity contribution in [3.8, 4) is 0 Å². The van der Waals surface area contributed by atoms with Gasteiger partial charge in [0, 0.05) is 19.1 Å². The Bertz CT molecular complexity index is 413. The maximum atomic E-state index is 10.5. The van der Waals surface area contributed by atoms with Crippen LogP contribution in [0.4, 0.5) is 0 Å². The summed E-state index contributed by atoms with van der Waals surface area (Å²) < 4.78 is 5.62. The standard InChI is InChI=1S/C16H23NO3/c1-13(14-5-3-2-4-6-14)17-10-7-15(8-11-17)20-12-9-16(18)19/h2-6,13,15H,7-12H2,1H3,(H,18,19). The normalized spacial score (nSPS) is 18.9. The number of nitrogens with zero attached hydrogens (tertiary/aromatic N) is 1. The molecule has 1 aromatic rings. The zero-order valence-corrected chi connectivity index (χ0v) is 12.0. The summed E-state index contributed by atoms with van der Waals surface area (Å²) in [6, 6.07) is 11.0. The Labute approximate surface area is 120 Å². The summed E-state index contributed by atoms with van der Waals surface area (Å²) in [5, 5.41) is 8.60. The van der Waals surface area contributed by atoms with E-state index < -0.39 is 5.97 Å². The van der Waals surface area contributed by atoms with E-state index in [0.717, 1.165) is 25.9 Å². The van der Waals surface area contributed by atoms with Gasteiger partial charge >= 0.3 is 5.97 Å². The van der Waals surface area contributed by atoms with Gasteiger partial charge in [-0.3, -0.25) is 9.69 Å². The zero-order valence-electron chi connectivity index (χ0n) is 12.0. The van der Waals surface area contributed by atoms with E-state index in [1.807, 2.05) is 6.07 Å². The Kier molecular flexibility index (Phi) is 5.56. The second kappa shape index (κ2) is 7.41. The van der Waals surface area contributed by atoms with Gasteiger partial charge in [0.05, 0.1) is 19.1 Å². The predicted octanol–water partition coefficient (Wildman–Crippen LogP) is 2.70. The van der Waals surface area contributed by atoms with Crippen molar-refractivity contribution in [2.45, 2.75) is 38.3 Å². The van der Waals surface area contributed by atoms with Crippen LogP contribution in [0.15, 0.2) is 30.3 Å². The lowest BCUT2D eigenvalue weighted by Gasteiger charge is -2.36. The molecule has 0 aliphatic carbocycles. The van der Waals surface area contributed by atoms with Crippen molar-refractivity contribution < 1.29 is 14.6 Å². The molecular weight excluding hydrogens is 254 g/mol. The summed E-state index contributed by atoms with van der Waals surface area (Å²) >= 11 is 0. The maximum absolute atomic E-state index is 10.5. The maximum Gasteiger partial charge on any atom is 0.305 e. The number of likely N-dealkylation sites (tertiary alicyclic amines) is 1. The summed E-state index contributed by atoms with van der Waals surface area (Å²) in [5.41, 5.74) is 1.35. The van der Waals surface area contributed by atoms with Crippen LogP contribution in [0.2, 0.25) is 0 Å². The fourth-order valence-corrected chi connectivity index (χ4v) is 2.69. The molecule has 1 aromatic carbocycles. The molecule has 4 heteroatoms. The lowest BCUT2D eigenvalue weighted by atomic mass is 10.0. The average molecular weight is 277 g/mol. The van der Waals surface area contributed by atoms with E-state index >= 15 is 0 Å². The van der Waals surface area contributed by atoms with Gasteiger partial charge in [-0.25, -0.2) is 0 Å². The Balaban J connectivity index is 1.75. The smallest absolute Gasteiger partial charge is 0.305 e. The van der Waals surface area contributed by atoms with Gasteiger partial charge < -0.3 is 9.84 Å². The Hall–Kier alpha value is -1.39. The van der Waals surface area contributed by atoms with E-state index in [4.69, 9.17) is 9.84 Å². The third-order valence-electron chi connectivity index (χ3n) is 3.98. The summed E-state index contributed by atoms with van der Waals surface area (Å²) in [7, 11) is 0. The van der Waals surface area contributed by atoms with Gasteiger partial charge in [0.1, 0.15) is 0 Å². The number of rotatable bonds is 6. The molecule has 1 atom stereocenters. The molecule has 1 aliphatic heterocycles. The molecule has 0 spiro atoms. The first-order chi connectivity index (χ1) is 9.66. The summed E-state index contributed by atoms with van der Waals surface area (Å²) in [6.07, 6.45) is 2.28. The van der Waals surface area contributed by atoms with Crippen molar-refractivity contribution in [2.24, 2.45) is 0 Å². The molecule has 1 saturated heterocycles. The molecule has 0 bridgehead atoms. The van der Waals surface area contributed by atoms with Crippen LogP contribution in [-0.4, -0.2) is 41.8 Å². The molecule has 1 aliphatic rings. The first-order valence-corrected chi connectivity index (χ1v) is 7.29. The minimum absolute atomic E-state index is 0.0978. The van der Waals surface area contributed by atoms with Crippen LogP contribution in [-0.2, 0) is 9.53 Å². The molecular formula is C16H23NO3. The van der Waals surface area contributed by atoms with Gasteiger partial charge in [-0.05, 0) is 25.3 Å². The Morgan fingerprint density at radius 2 is 2.00 bits per heavy atom. The van der Waals surface area contributed by atoms with Crippen molar-refractivity contribution in [2.75, 3.05) is 19.7 Å². The van der Waals surface area contributed by atoms with Crippen molar-refractivity contribution in [3.63, 3.8) is 0 Å². The van der Waals surface area contributed by atoms with Gasteiger partial charge in [0.25, 0.3) is 0 Å². The average Bonchev–Trinajstić information content (AvgIpc) is 2.48. The molecule has 1 unspecified atom stereocenters. The molecule has 0 amide bonds. The quantitative estimate of drug-likeness (QED) is 0.868. The molecule has 0 radical (unpaired) electrons. The summed E-state index contributed by atoms with van der Waals surface area (Å²) in [6.45, 7) is 4.58. The molecule has 0 aromatic heterocycles. The van der Waals surface area contributed by atoms with E-state index in [1.54, 1.807) is 0 Å². The number of aliphatic carboxylic acids is 1. The summed E-state index contributed by atoms with van der Waals surface area (Å²) in [5.74, 6) is -0.792. The monoisotopic (exact) mass is 277 g/mol. The number of hydrogen-bond donors (Lipinski definition) is 1. The highest BCUT2D eigenvalue weighted by Crippen LogP contribution is 2.24. The molecule has 2 rings (SSSR count). The lowest BCUT2D eigenvalue weighted by molar-refractivity contribution is -0.138. The van der Waals surface area contributed by atoms with Crippen LogP contribution in [0.25, 0.3) is 0 Å². The largest absolute Gasteiger partial charge is 0.481 e. The second-order valence-electron chi connectivity index (χ2n) is 5.34. The number of benzene rings is 1. The first-order valence-electron chi connectivity index (χ1n) is 7.29. The zero-order chi connectivity index (χ0) is 14.4. The van der Waals surface area contributed by atoms with Crippen LogP contribution in [0, 0.1) is 0 Å². The van der Waals surface area contributed by atoms with Crippen molar-refractivity contribution >= 4 is 5.97 Å². The minimum Gasteiger partial charge on any atom is -0.481 e. The van der Waals surface area contributed by atoms with E-state index in [1.165, 1.54) is 5.56 Å². The molecule has 110 valence electrons. The third-order valence-corrected chi connectivity index (χ3v) is 3.98. The van der Waals surface area contributed by atoms with Crippen LogP contribution in [0.5, 0.6) is 0 Å². The van der Waals surface area contributed by atoms with Gasteiger partial charge in [0.15, 0.2) is 0 Å². The Morgan fingerprint density at radius 3 is 2.60 bits per heavy atom. The van der Waals surface area contributed by atoms with Crippen molar-refractivity contribution in [1.82, 2.24) is 4.90 Å². The Morgan fingerprint density at radius 1 is 1.35 bits per heavy atom. The third kappa shape index (κ3) is 4.32. The topological polar surface area (TPSA) is 49.8 Å². The molecule has 4 nitrogen and oxygen atoms in total. The second-order valence-corrected chi connectivity index (χ2v) is 5.34. The summed E-state index contributed by atoms with van der Waals surface area (Å²) in [4.78, 5) is 12.9. The number of carboxylic acids is 1. The van der Waals surface area contributed by atoms with E-state index in [-0.39, 0.29) is 12.5 Å². The van der Waals surface area contributed by atoms with Gasteiger partial charge in [-0.15, -0.1) is 0 Å². The van der Waals surface area contributed by atoms with Crippen LogP contribution >= 0.6 is 0 Å². The molecule has 0 saturated carbocycles. The highest BCUT2D eigenvalue weighted by Gasteiger charge is 2.23. The fraction of sp³-hybridized carbons (Fsp3) is 0.562. The van der Waals surface area contributed by atoms with Crippen LogP contribution in [0.3, 0.4) is 0 Å². The SMILES string of the molecule is CC(c1ccccc1)N1CCC(OCCC(=O)O)CC1. The molecule has 1 N–H and O–H groups in total. The van der Waals surface area contributed by atoms with Gasteiger partial charge in [0.2, 0.25) is 0 Å². The van der Waals surface area contributed by atoms with E-state index in [2.05, 4.69) is 36.1 Å². The molecule has 20 heavy (non-hydrogen) atoms. The predicted molar refractivity (Wildman–Crippen MR) is 77.7 cm³/mol. The van der Waals surface area contributed by atoms with Crippen molar-refractivity contribution in [3.05, 3.63) is 35.9 Å². The van der Waals surface area contributed by atoms with E-state index in [9.17, 15) is 4.79 Å². The number of carbonyl (C=O) groups is 1. The lowest BCUT2D eigenvalue weighted by Crippen LogP contribution is -2.38. The first kappa shape index (κ1) is 15.0. The highest BCUT2D eigenvalue weighted by atomic mass is 16.5. The van der Waals surface area contributed by atoms with Crippen LogP contribution in [0.1, 0.15) is 37.8 Å². The minimum atomic E-state index is -0.792. The molecule has 1 fully saturated rings. The van der Waals surface area contributed by atoms with Gasteiger partial charge in [-0.2, -0.15) is 0 Å². The number of hydrogen-bond acceptors (Lipinski definition) is 3. The number of ether oxygens (including phenoxy) is 1. The van der Waals surface area contributed by atoms with Crippen LogP contribution < -0.4 is 0 Å². The highest BCUT2D eigenvalue weighted by molar-refractivity contribution is 5.66. The van der Waals surface area contributed by atoms with Crippen molar-refractivity contribution in [1.29, 1.82) is 0 Å². The molecule has 1 heterocycles. The van der Waals surface area contributed by atoms with Gasteiger partial charge in [-0.1, -0.05) is 30.3 Å². The van der Waals surface area contributed by atoms with E-state index in [0.29, 0.717) is 12.6 Å². The number of piperidine rings is 1.